The van der Waals surface area contributed by atoms with Crippen molar-refractivity contribution in [3.05, 3.63) is 23.8 Å². The first-order valence-corrected chi connectivity index (χ1v) is 17.2. The van der Waals surface area contributed by atoms with Crippen molar-refractivity contribution in [2.75, 3.05) is 32.8 Å². The number of nitrogens with zero attached hydrogens (tertiary/aromatic N) is 4. The average molecular weight is 556 g/mol. The third kappa shape index (κ3) is 5.26. The Kier molecular flexibility index (Phi) is 7.40. The number of nitrogens with one attached hydrogen (secondary N) is 1. The van der Waals surface area contributed by atoms with Crippen LogP contribution in [-0.4, -0.2) is 66.0 Å². The summed E-state index contributed by atoms with van der Waals surface area (Å²) in [5, 5.41) is 13.1. The number of amides is 1. The van der Waals surface area contributed by atoms with Gasteiger partial charge in [0.25, 0.3) is 0 Å². The number of rotatable bonds is 11. The summed E-state index contributed by atoms with van der Waals surface area (Å²) in [7, 11) is 1.96. The lowest BCUT2D eigenvalue weighted by molar-refractivity contribution is -0.117. The number of hydrogen-bond donors (Lipinski definition) is 2. The van der Waals surface area contributed by atoms with Gasteiger partial charge in [0.1, 0.15) is 22.9 Å². The van der Waals surface area contributed by atoms with Gasteiger partial charge in [0.05, 0.1) is 25.3 Å². The number of aliphatic hydroxyl groups is 1. The second-order valence-corrected chi connectivity index (χ2v) is 17.2. The quantitative estimate of drug-likeness (QED) is 0.203. The van der Waals surface area contributed by atoms with E-state index in [1.54, 1.807) is 25.8 Å². The number of pyridine rings is 2. The lowest BCUT2D eigenvalue weighted by atomic mass is 10.1. The van der Waals surface area contributed by atoms with Gasteiger partial charge in [0.2, 0.25) is 11.8 Å². The molecule has 5 rings (SSSR count). The number of fused-ring (bicyclic) bond motifs is 2. The minimum Gasteiger partial charge on any atom is -0.494 e. The highest BCUT2D eigenvalue weighted by atomic mass is 32.1. The van der Waals surface area contributed by atoms with Crippen molar-refractivity contribution in [3.8, 4) is 22.8 Å². The smallest absolute Gasteiger partial charge is 0.229 e. The van der Waals surface area contributed by atoms with Crippen LogP contribution in [0.3, 0.4) is 0 Å². The Morgan fingerprint density at radius 3 is 2.74 bits per heavy atom. The molecule has 0 aliphatic heterocycles. The molecule has 10 nitrogen and oxygen atoms in total. The van der Waals surface area contributed by atoms with Crippen molar-refractivity contribution in [1.29, 1.82) is 0 Å². The van der Waals surface area contributed by atoms with Crippen LogP contribution in [0.4, 0.5) is 5.82 Å². The Hall–Kier alpha value is -3.06. The van der Waals surface area contributed by atoms with Crippen molar-refractivity contribution in [1.82, 2.24) is 19.5 Å². The molecule has 4 aromatic heterocycles. The van der Waals surface area contributed by atoms with E-state index < -0.39 is 8.07 Å². The Morgan fingerprint density at radius 1 is 1.24 bits per heavy atom. The molecule has 202 valence electrons. The van der Waals surface area contributed by atoms with E-state index in [0.717, 1.165) is 21.7 Å². The zero-order valence-electron chi connectivity index (χ0n) is 22.3. The van der Waals surface area contributed by atoms with Crippen LogP contribution in [0, 0.1) is 11.8 Å². The summed E-state index contributed by atoms with van der Waals surface area (Å²) >= 11 is 1.45. The number of methoxy groups -OCH3 is 2. The van der Waals surface area contributed by atoms with Crippen LogP contribution in [0.5, 0.6) is 11.6 Å². The molecule has 4 heterocycles. The highest BCUT2D eigenvalue weighted by Crippen LogP contribution is 2.46. The minimum atomic E-state index is -1.24. The zero-order valence-corrected chi connectivity index (χ0v) is 24.1. The molecule has 1 amide bonds. The minimum absolute atomic E-state index is 0.0212. The van der Waals surface area contributed by atoms with Crippen molar-refractivity contribution < 1.29 is 24.1 Å². The van der Waals surface area contributed by atoms with Gasteiger partial charge in [-0.1, -0.05) is 19.6 Å². The molecule has 12 heteroatoms. The van der Waals surface area contributed by atoms with Crippen LogP contribution in [0.2, 0.25) is 25.7 Å². The maximum atomic E-state index is 12.6. The Labute approximate surface area is 226 Å². The molecule has 0 unspecified atom stereocenters. The predicted molar refractivity (Wildman–Crippen MR) is 151 cm³/mol. The maximum Gasteiger partial charge on any atom is 0.229 e. The third-order valence-electron chi connectivity index (χ3n) is 6.76. The normalized spacial score (nSPS) is 17.2. The molecule has 0 bridgehead atoms. The fraction of sp³-hybridized carbons (Fsp3) is 0.462. The number of carbonyl (C=O) groups excluding carboxylic acids is 1. The Bertz CT molecular complexity index is 1480. The lowest BCUT2D eigenvalue weighted by Gasteiger charge is -2.15. The average Bonchev–Trinajstić information content (AvgIpc) is 3.40. The second-order valence-electron chi connectivity index (χ2n) is 10.7. The fourth-order valence-corrected chi connectivity index (χ4v) is 5.99. The first-order valence-electron chi connectivity index (χ1n) is 12.6. The van der Waals surface area contributed by atoms with E-state index in [9.17, 15) is 9.90 Å². The van der Waals surface area contributed by atoms with Gasteiger partial charge in [-0.05, 0) is 30.5 Å². The molecule has 0 saturated heterocycles. The maximum absolute atomic E-state index is 12.6. The largest absolute Gasteiger partial charge is 0.494 e. The number of carbonyl (C=O) groups is 1. The number of aliphatic hydroxyl groups excluding tert-OH is 1. The standard InChI is InChI=1S/C26H33N5O5SSi/c1-34-21-20(26(35-2)30-23-22(21)37-13-27-23)18-11-31(14-36-8-9-38(3,4)5)24-16(18)6-7-19(28-24)29-25(33)17-10-15(17)12-32/h6-7,11,13,15,17,32H,8-10,12,14H2,1-5H3,(H,28,29,33)/t15-,17+/m0/s1. The molecular formula is C26H33N5O5SSi. The monoisotopic (exact) mass is 555 g/mol. The van der Waals surface area contributed by atoms with E-state index >= 15 is 0 Å². The van der Waals surface area contributed by atoms with Crippen LogP contribution in [0.1, 0.15) is 6.42 Å². The molecular weight excluding hydrogens is 522 g/mol. The lowest BCUT2D eigenvalue weighted by Crippen LogP contribution is -2.22. The SMILES string of the molecule is COc1nc2ncsc2c(OC)c1-c1cn(COCC[Si](C)(C)C)c2nc(NC(=O)[C@@H]3C[C@H]3CO)ccc12. The topological polar surface area (TPSA) is 121 Å². The summed E-state index contributed by atoms with van der Waals surface area (Å²) in [5.74, 6) is 1.23. The van der Waals surface area contributed by atoms with Crippen LogP contribution >= 0.6 is 11.3 Å². The Morgan fingerprint density at radius 2 is 2.05 bits per heavy atom. The molecule has 2 atom stereocenters. The molecule has 0 aromatic carbocycles. The van der Waals surface area contributed by atoms with Gasteiger partial charge in [-0.3, -0.25) is 4.79 Å². The molecule has 1 fully saturated rings. The predicted octanol–water partition coefficient (Wildman–Crippen LogP) is 4.60. The number of aromatic nitrogens is 4. The van der Waals surface area contributed by atoms with Gasteiger partial charge in [-0.2, -0.15) is 4.98 Å². The van der Waals surface area contributed by atoms with Crippen molar-refractivity contribution >= 4 is 52.5 Å². The fourth-order valence-electron chi connectivity index (χ4n) is 4.48. The molecule has 0 radical (unpaired) electrons. The van der Waals surface area contributed by atoms with E-state index in [1.807, 2.05) is 16.8 Å². The molecule has 38 heavy (non-hydrogen) atoms. The van der Waals surface area contributed by atoms with E-state index in [2.05, 4.69) is 34.9 Å². The second kappa shape index (κ2) is 10.6. The van der Waals surface area contributed by atoms with Crippen molar-refractivity contribution in [3.63, 3.8) is 0 Å². The highest BCUT2D eigenvalue weighted by Gasteiger charge is 2.42. The van der Waals surface area contributed by atoms with Gasteiger partial charge < -0.3 is 29.2 Å². The molecule has 1 aliphatic carbocycles. The van der Waals surface area contributed by atoms with E-state index in [4.69, 9.17) is 19.2 Å². The molecule has 1 aliphatic rings. The first kappa shape index (κ1) is 26.5. The molecule has 4 aromatic rings. The Balaban J connectivity index is 1.57. The highest BCUT2D eigenvalue weighted by molar-refractivity contribution is 7.17. The summed E-state index contributed by atoms with van der Waals surface area (Å²) < 4.78 is 20.4. The first-order chi connectivity index (χ1) is 18.2. The van der Waals surface area contributed by atoms with Gasteiger partial charge in [-0.15, -0.1) is 11.3 Å². The van der Waals surface area contributed by atoms with Crippen LogP contribution in [0.25, 0.3) is 32.5 Å². The van der Waals surface area contributed by atoms with Crippen LogP contribution < -0.4 is 14.8 Å². The number of thiazole rings is 1. The van der Waals surface area contributed by atoms with E-state index in [-0.39, 0.29) is 24.3 Å². The molecule has 1 saturated carbocycles. The summed E-state index contributed by atoms with van der Waals surface area (Å²) in [6.45, 7) is 7.94. The summed E-state index contributed by atoms with van der Waals surface area (Å²) in [4.78, 5) is 26.4. The third-order valence-corrected chi connectivity index (χ3v) is 9.28. The van der Waals surface area contributed by atoms with E-state index in [1.165, 1.54) is 11.3 Å². The zero-order chi connectivity index (χ0) is 27.0. The summed E-state index contributed by atoms with van der Waals surface area (Å²) in [6.07, 6.45) is 2.66. The summed E-state index contributed by atoms with van der Waals surface area (Å²) in [5.41, 5.74) is 4.50. The molecule has 0 spiro atoms. The van der Waals surface area contributed by atoms with E-state index in [0.29, 0.717) is 54.1 Å². The number of ether oxygens (including phenoxy) is 3. The van der Waals surface area contributed by atoms with Gasteiger partial charge in [-0.25, -0.2) is 9.97 Å². The molecule has 2 N–H and O–H groups in total. The summed E-state index contributed by atoms with van der Waals surface area (Å²) in [6, 6.07) is 4.76. The van der Waals surface area contributed by atoms with Crippen molar-refractivity contribution in [2.24, 2.45) is 11.8 Å². The van der Waals surface area contributed by atoms with Crippen LogP contribution in [0.15, 0.2) is 23.8 Å². The number of anilines is 1. The van der Waals surface area contributed by atoms with Crippen molar-refractivity contribution in [2.45, 2.75) is 38.8 Å². The van der Waals surface area contributed by atoms with Gasteiger partial charge in [0.15, 0.2) is 11.4 Å². The van der Waals surface area contributed by atoms with Crippen LogP contribution in [-0.2, 0) is 16.3 Å². The van der Waals surface area contributed by atoms with Gasteiger partial charge >= 0.3 is 0 Å². The number of hydrogen-bond acceptors (Lipinski definition) is 9. The van der Waals surface area contributed by atoms with Gasteiger partial charge in [0, 0.05) is 44.4 Å².